The Labute approximate surface area is 295 Å². The molecular weight excluding hydrogens is 630 g/mol. The highest BCUT2D eigenvalue weighted by atomic mass is 16.6. The molecule has 2 aromatic heterocycles. The molecule has 2 N–H and O–H groups in total. The Hall–Kier alpha value is -3.92. The van der Waals surface area contributed by atoms with Gasteiger partial charge in [0, 0.05) is 49.5 Å². The van der Waals surface area contributed by atoms with Gasteiger partial charge in [0.25, 0.3) is 0 Å². The average molecular weight is 684 g/mol. The van der Waals surface area contributed by atoms with Gasteiger partial charge in [-0.1, -0.05) is 32.0 Å². The van der Waals surface area contributed by atoms with E-state index in [0.29, 0.717) is 24.8 Å². The monoisotopic (exact) mass is 683 g/mol. The summed E-state index contributed by atoms with van der Waals surface area (Å²) in [5.74, 6) is -0.722. The molecule has 3 aromatic rings. The van der Waals surface area contributed by atoms with E-state index in [1.807, 2.05) is 32.9 Å². The van der Waals surface area contributed by atoms with Gasteiger partial charge in [0.1, 0.15) is 11.3 Å². The summed E-state index contributed by atoms with van der Waals surface area (Å²) >= 11 is 0. The van der Waals surface area contributed by atoms with Crippen LogP contribution in [0.3, 0.4) is 0 Å². The van der Waals surface area contributed by atoms with Crippen molar-refractivity contribution >= 4 is 17.7 Å². The third-order valence-electron chi connectivity index (χ3n) is 11.6. The van der Waals surface area contributed by atoms with Crippen molar-refractivity contribution < 1.29 is 24.2 Å². The number of aromatic nitrogens is 3. The fourth-order valence-electron chi connectivity index (χ4n) is 10.9. The zero-order chi connectivity index (χ0) is 35.7. The number of hydrogen-bond donors (Lipinski definition) is 2. The smallest absolute Gasteiger partial charge is 0.410 e. The van der Waals surface area contributed by atoms with Crippen LogP contribution in [0.5, 0.6) is 0 Å². The van der Waals surface area contributed by atoms with Crippen molar-refractivity contribution in [3.63, 3.8) is 0 Å². The number of pyridine rings is 1. The Kier molecular flexibility index (Phi) is 8.36. The van der Waals surface area contributed by atoms with Gasteiger partial charge in [-0.3, -0.25) is 4.68 Å². The zero-order valence-electron chi connectivity index (χ0n) is 30.8. The van der Waals surface area contributed by atoms with Gasteiger partial charge in [-0.15, -0.1) is 0 Å². The number of nitrogens with zero attached hydrogens (tertiary/aromatic N) is 4. The predicted molar refractivity (Wildman–Crippen MR) is 192 cm³/mol. The summed E-state index contributed by atoms with van der Waals surface area (Å²) in [6, 6.07) is 11.4. The summed E-state index contributed by atoms with van der Waals surface area (Å²) in [7, 11) is 1.79. The number of amides is 1. The maximum Gasteiger partial charge on any atom is 0.410 e. The quantitative estimate of drug-likeness (QED) is 0.236. The molecule has 1 amide bonds. The molecule has 4 saturated carbocycles. The highest BCUT2D eigenvalue weighted by Crippen LogP contribution is 2.72. The van der Waals surface area contributed by atoms with Gasteiger partial charge in [0.15, 0.2) is 0 Å². The number of nitrogens with one attached hydrogen (secondary N) is 1. The molecule has 268 valence electrons. The van der Waals surface area contributed by atoms with Gasteiger partial charge in [-0.2, -0.15) is 5.10 Å². The molecule has 50 heavy (non-hydrogen) atoms. The molecule has 3 heterocycles. The van der Waals surface area contributed by atoms with E-state index in [-0.39, 0.29) is 33.6 Å². The summed E-state index contributed by atoms with van der Waals surface area (Å²) in [5, 5.41) is 18.1. The molecule has 0 radical (unpaired) electrons. The first kappa shape index (κ1) is 34.5. The number of carbonyl (C=O) groups excluding carboxylic acids is 1. The number of carboxylic acids is 1. The summed E-state index contributed by atoms with van der Waals surface area (Å²) < 4.78 is 14.7. The van der Waals surface area contributed by atoms with Crippen molar-refractivity contribution in [3.05, 3.63) is 65.1 Å². The number of aromatic carboxylic acids is 1. The van der Waals surface area contributed by atoms with Gasteiger partial charge in [0.2, 0.25) is 0 Å². The lowest BCUT2D eigenvalue weighted by Gasteiger charge is -2.69. The molecule has 4 fully saturated rings. The zero-order valence-corrected chi connectivity index (χ0v) is 30.8. The van der Waals surface area contributed by atoms with Crippen LogP contribution < -0.4 is 5.32 Å². The lowest BCUT2D eigenvalue weighted by atomic mass is 9.39. The second kappa shape index (κ2) is 12.1. The van der Waals surface area contributed by atoms with Crippen LogP contribution in [0.1, 0.15) is 106 Å². The van der Waals surface area contributed by atoms with E-state index in [0.717, 1.165) is 50.0 Å². The molecule has 1 aliphatic heterocycles. The van der Waals surface area contributed by atoms with E-state index >= 15 is 0 Å². The van der Waals surface area contributed by atoms with Crippen LogP contribution in [0, 0.1) is 23.2 Å². The van der Waals surface area contributed by atoms with Crippen LogP contribution in [0.4, 0.5) is 10.5 Å². The number of carboxylic acid groups (broad SMARTS) is 1. The van der Waals surface area contributed by atoms with Crippen LogP contribution in [-0.2, 0) is 22.4 Å². The Morgan fingerprint density at radius 2 is 1.80 bits per heavy atom. The molecule has 0 saturated heterocycles. The first-order valence-corrected chi connectivity index (χ1v) is 18.1. The van der Waals surface area contributed by atoms with Crippen molar-refractivity contribution in [2.75, 3.05) is 32.1 Å². The molecular formula is C40H53N5O5. The molecule has 4 bridgehead atoms. The molecule has 10 nitrogen and oxygen atoms in total. The van der Waals surface area contributed by atoms with Crippen molar-refractivity contribution in [1.82, 2.24) is 19.7 Å². The number of rotatable bonds is 9. The maximum atomic E-state index is 12.6. The number of carbonyl (C=O) groups is 2. The molecule has 5 aliphatic rings. The van der Waals surface area contributed by atoms with Crippen LogP contribution >= 0.6 is 0 Å². The van der Waals surface area contributed by atoms with E-state index in [1.54, 1.807) is 18.0 Å². The number of anilines is 1. The highest BCUT2D eigenvalue weighted by molar-refractivity contribution is 5.86. The van der Waals surface area contributed by atoms with Crippen LogP contribution in [-0.4, -0.2) is 74.8 Å². The normalized spacial score (nSPS) is 29.7. The SMILES string of the molecule is Cc1c(C2CNc3cc(-c4cccc(C(=O)O)n4)ccc3C2)cnn1CC12CC3(C)CC(C)(C1)CC(OCCN(C)C(=O)OC(C)(C)C)(C3)C2. The van der Waals surface area contributed by atoms with E-state index in [4.69, 9.17) is 14.6 Å². The predicted octanol–water partition coefficient (Wildman–Crippen LogP) is 7.71. The summed E-state index contributed by atoms with van der Waals surface area (Å²) in [4.78, 5) is 30.0. The Morgan fingerprint density at radius 1 is 1.06 bits per heavy atom. The lowest BCUT2D eigenvalue weighted by Crippen LogP contribution is -2.64. The van der Waals surface area contributed by atoms with Gasteiger partial charge in [-0.05, 0) is 118 Å². The summed E-state index contributed by atoms with van der Waals surface area (Å²) in [6.45, 7) is 15.6. The first-order chi connectivity index (χ1) is 23.5. The third-order valence-corrected chi connectivity index (χ3v) is 11.6. The van der Waals surface area contributed by atoms with Crippen LogP contribution in [0.25, 0.3) is 11.3 Å². The molecule has 3 atom stereocenters. The fourth-order valence-corrected chi connectivity index (χ4v) is 10.9. The van der Waals surface area contributed by atoms with Gasteiger partial charge in [0.05, 0.1) is 24.1 Å². The van der Waals surface area contributed by atoms with E-state index < -0.39 is 11.6 Å². The van der Waals surface area contributed by atoms with E-state index in [9.17, 15) is 14.7 Å². The highest BCUT2D eigenvalue weighted by Gasteiger charge is 2.66. The van der Waals surface area contributed by atoms with E-state index in [2.05, 4.69) is 54.1 Å². The molecule has 0 spiro atoms. The Morgan fingerprint density at radius 3 is 2.50 bits per heavy atom. The Balaban J connectivity index is 1.05. The average Bonchev–Trinajstić information content (AvgIpc) is 3.36. The van der Waals surface area contributed by atoms with Crippen molar-refractivity contribution in [3.8, 4) is 11.3 Å². The number of likely N-dealkylation sites (N-methyl/N-ethyl adjacent to an activating group) is 1. The minimum Gasteiger partial charge on any atom is -0.477 e. The van der Waals surface area contributed by atoms with E-state index in [1.165, 1.54) is 42.1 Å². The Bertz CT molecular complexity index is 1790. The largest absolute Gasteiger partial charge is 0.477 e. The summed E-state index contributed by atoms with van der Waals surface area (Å²) in [6.07, 6.45) is 9.49. The topological polar surface area (TPSA) is 119 Å². The fraction of sp³-hybridized carbons (Fsp3) is 0.600. The number of benzene rings is 1. The van der Waals surface area contributed by atoms with Crippen LogP contribution in [0.15, 0.2) is 42.6 Å². The minimum atomic E-state index is -1.03. The number of fused-ring (bicyclic) bond motifs is 1. The molecule has 8 rings (SSSR count). The van der Waals surface area contributed by atoms with Crippen molar-refractivity contribution in [1.29, 1.82) is 0 Å². The lowest BCUT2D eigenvalue weighted by molar-refractivity contribution is -0.248. The second-order valence-corrected chi connectivity index (χ2v) is 17.8. The number of ether oxygens (including phenoxy) is 2. The maximum absolute atomic E-state index is 12.6. The number of hydrogen-bond acceptors (Lipinski definition) is 7. The van der Waals surface area contributed by atoms with Gasteiger partial charge >= 0.3 is 12.1 Å². The molecule has 4 aliphatic carbocycles. The standard InChI is InChI=1S/C40H53N5O5/c1-26-30(29-15-27-11-12-28(16-33(27)41-17-29)31-9-8-10-32(43-31)34(46)47)18-42-45(26)25-39-20-37(5)19-38(6,21-39)23-40(22-37,24-39)49-14-13-44(7)35(48)50-36(2,3)4/h8-12,16,18,29,41H,13-15,17,19-25H2,1-7H3,(H,46,47). The first-order valence-electron chi connectivity index (χ1n) is 18.1. The minimum absolute atomic E-state index is 0.0447. The molecule has 1 aromatic carbocycles. The van der Waals surface area contributed by atoms with Gasteiger partial charge < -0.3 is 24.8 Å². The van der Waals surface area contributed by atoms with Gasteiger partial charge in [-0.25, -0.2) is 14.6 Å². The van der Waals surface area contributed by atoms with Crippen molar-refractivity contribution in [2.24, 2.45) is 16.2 Å². The van der Waals surface area contributed by atoms with Crippen molar-refractivity contribution in [2.45, 2.75) is 110 Å². The molecule has 3 unspecified atom stereocenters. The van der Waals surface area contributed by atoms with Crippen LogP contribution in [0.2, 0.25) is 0 Å². The third kappa shape index (κ3) is 6.75. The molecule has 10 heteroatoms. The summed E-state index contributed by atoms with van der Waals surface area (Å²) in [5.41, 5.74) is 6.31. The second-order valence-electron chi connectivity index (χ2n) is 17.8.